The van der Waals surface area contributed by atoms with Crippen LogP contribution < -0.4 is 9.80 Å². The Labute approximate surface area is 195 Å². The predicted octanol–water partition coefficient (Wildman–Crippen LogP) is 4.86. The first-order valence-electron chi connectivity index (χ1n) is 12.5. The van der Waals surface area contributed by atoms with Gasteiger partial charge in [0, 0.05) is 29.5 Å². The summed E-state index contributed by atoms with van der Waals surface area (Å²) in [5.41, 5.74) is 2.37. The Kier molecular flexibility index (Phi) is 6.65. The molecular formula is C27H34FN3O2. The van der Waals surface area contributed by atoms with Crippen molar-refractivity contribution in [2.75, 3.05) is 29.4 Å². The van der Waals surface area contributed by atoms with Gasteiger partial charge in [0.05, 0.1) is 0 Å². The molecule has 1 aliphatic carbocycles. The quantitative estimate of drug-likeness (QED) is 0.638. The lowest BCUT2D eigenvalue weighted by Crippen LogP contribution is -2.50. The highest BCUT2D eigenvalue weighted by atomic mass is 19.1. The van der Waals surface area contributed by atoms with Crippen LogP contribution in [0, 0.1) is 5.82 Å². The normalized spacial score (nSPS) is 22.9. The van der Waals surface area contributed by atoms with Gasteiger partial charge in [-0.3, -0.25) is 9.69 Å². The number of nitrogens with zero attached hydrogens (tertiary/aromatic N) is 3. The minimum Gasteiger partial charge on any atom is -0.372 e. The van der Waals surface area contributed by atoms with Crippen LogP contribution in [0.15, 0.2) is 48.5 Å². The van der Waals surface area contributed by atoms with Gasteiger partial charge in [0.1, 0.15) is 18.1 Å². The first-order chi connectivity index (χ1) is 16.1. The van der Waals surface area contributed by atoms with E-state index in [0.717, 1.165) is 62.9 Å². The number of hydrogen-bond acceptors (Lipinski definition) is 4. The number of benzene rings is 2. The molecule has 33 heavy (non-hydrogen) atoms. The van der Waals surface area contributed by atoms with E-state index < -0.39 is 12.3 Å². The number of likely N-dealkylation sites (tertiary alicyclic amines) is 1. The van der Waals surface area contributed by atoms with Gasteiger partial charge in [-0.15, -0.1) is 0 Å². The van der Waals surface area contributed by atoms with Crippen molar-refractivity contribution in [2.24, 2.45) is 0 Å². The van der Waals surface area contributed by atoms with Crippen molar-refractivity contribution >= 4 is 17.3 Å². The lowest BCUT2D eigenvalue weighted by atomic mass is 9.94. The van der Waals surface area contributed by atoms with Crippen LogP contribution >= 0.6 is 0 Å². The smallest absolute Gasteiger partial charge is 0.254 e. The van der Waals surface area contributed by atoms with E-state index in [9.17, 15) is 14.3 Å². The van der Waals surface area contributed by atoms with E-state index in [2.05, 4.69) is 4.90 Å². The number of rotatable bonds is 6. The third-order valence-corrected chi connectivity index (χ3v) is 7.48. The maximum atomic E-state index is 14.3. The van der Waals surface area contributed by atoms with Crippen LogP contribution in [0.4, 0.5) is 15.8 Å². The van der Waals surface area contributed by atoms with Crippen molar-refractivity contribution in [1.29, 1.82) is 0 Å². The van der Waals surface area contributed by atoms with Crippen LogP contribution in [0.3, 0.4) is 0 Å². The average Bonchev–Trinajstić information content (AvgIpc) is 3.12. The zero-order valence-corrected chi connectivity index (χ0v) is 19.2. The molecule has 0 bridgehead atoms. The standard InChI is InChI=1S/C27H34FN3O2/c28-20-10-9-13-22(18-20)31(25(32)19-29-16-7-2-8-17-29)26-23-14-5-6-15-24(23)30(27(26)33)21-11-3-1-4-12-21/h5-6,9-10,13-15,18,21,25-26,32H,1-4,7-8,11-12,16-17,19H2. The van der Waals surface area contributed by atoms with Crippen molar-refractivity contribution in [3.05, 3.63) is 59.9 Å². The van der Waals surface area contributed by atoms with Crippen molar-refractivity contribution < 1.29 is 14.3 Å². The van der Waals surface area contributed by atoms with Crippen LogP contribution in [0.2, 0.25) is 0 Å². The second-order valence-corrected chi connectivity index (χ2v) is 9.69. The Balaban J connectivity index is 1.52. The molecule has 5 nitrogen and oxygen atoms in total. The molecule has 2 unspecified atom stereocenters. The Morgan fingerprint density at radius 2 is 1.70 bits per heavy atom. The van der Waals surface area contributed by atoms with Gasteiger partial charge in [0.25, 0.3) is 5.91 Å². The number of aliphatic hydroxyl groups excluding tert-OH is 1. The SMILES string of the molecule is O=C1C(N(c2cccc(F)c2)C(O)CN2CCCCC2)c2ccccc2N1C1CCCCC1. The summed E-state index contributed by atoms with van der Waals surface area (Å²) in [6.45, 7) is 2.32. The molecule has 6 heteroatoms. The summed E-state index contributed by atoms with van der Waals surface area (Å²) in [6, 6.07) is 13.7. The molecule has 2 aromatic rings. The zero-order valence-electron chi connectivity index (χ0n) is 19.2. The van der Waals surface area contributed by atoms with E-state index in [1.807, 2.05) is 29.2 Å². The minimum atomic E-state index is -0.918. The van der Waals surface area contributed by atoms with Gasteiger partial charge in [-0.25, -0.2) is 4.39 Å². The van der Waals surface area contributed by atoms with E-state index in [1.165, 1.54) is 25.0 Å². The van der Waals surface area contributed by atoms with Gasteiger partial charge in [-0.2, -0.15) is 0 Å². The number of carbonyl (C=O) groups excluding carboxylic acids is 1. The Morgan fingerprint density at radius 3 is 2.45 bits per heavy atom. The topological polar surface area (TPSA) is 47.0 Å². The summed E-state index contributed by atoms with van der Waals surface area (Å²) in [6.07, 6.45) is 8.02. The van der Waals surface area contributed by atoms with Crippen molar-refractivity contribution in [1.82, 2.24) is 4.90 Å². The predicted molar refractivity (Wildman–Crippen MR) is 129 cm³/mol. The first-order valence-corrected chi connectivity index (χ1v) is 12.5. The number of amides is 1. The fourth-order valence-corrected chi connectivity index (χ4v) is 5.90. The minimum absolute atomic E-state index is 0.00921. The number of para-hydroxylation sites is 1. The lowest BCUT2D eigenvalue weighted by molar-refractivity contribution is -0.120. The maximum Gasteiger partial charge on any atom is 0.254 e. The summed E-state index contributed by atoms with van der Waals surface area (Å²) in [5, 5.41) is 11.5. The van der Waals surface area contributed by atoms with Gasteiger partial charge in [0.15, 0.2) is 0 Å². The van der Waals surface area contributed by atoms with Crippen LogP contribution in [-0.2, 0) is 4.79 Å². The molecule has 1 saturated carbocycles. The maximum absolute atomic E-state index is 14.3. The van der Waals surface area contributed by atoms with E-state index in [0.29, 0.717) is 12.2 Å². The first kappa shape index (κ1) is 22.4. The van der Waals surface area contributed by atoms with Crippen molar-refractivity contribution in [2.45, 2.75) is 69.7 Å². The molecule has 3 aliphatic rings. The second kappa shape index (κ2) is 9.82. The van der Waals surface area contributed by atoms with E-state index in [4.69, 9.17) is 0 Å². The number of anilines is 2. The van der Waals surface area contributed by atoms with Crippen LogP contribution in [-0.4, -0.2) is 47.8 Å². The average molecular weight is 452 g/mol. The Bertz CT molecular complexity index is 971. The Morgan fingerprint density at radius 1 is 0.970 bits per heavy atom. The van der Waals surface area contributed by atoms with Gasteiger partial charge in [0.2, 0.25) is 0 Å². The third-order valence-electron chi connectivity index (χ3n) is 7.48. The molecule has 2 aromatic carbocycles. The fraction of sp³-hybridized carbons (Fsp3) is 0.519. The monoisotopic (exact) mass is 451 g/mol. The molecule has 2 fully saturated rings. The molecule has 2 heterocycles. The van der Waals surface area contributed by atoms with Crippen molar-refractivity contribution in [3.8, 4) is 0 Å². The lowest BCUT2D eigenvalue weighted by Gasteiger charge is -2.39. The van der Waals surface area contributed by atoms with Gasteiger partial charge < -0.3 is 14.9 Å². The largest absolute Gasteiger partial charge is 0.372 e. The number of β-amino-alcohol motifs (C(OH)–C–C–N with tert-alkyl or cyclic N) is 1. The summed E-state index contributed by atoms with van der Waals surface area (Å²) in [7, 11) is 0. The van der Waals surface area contributed by atoms with Crippen molar-refractivity contribution in [3.63, 3.8) is 0 Å². The van der Waals surface area contributed by atoms with Crippen LogP contribution in [0.1, 0.15) is 63.0 Å². The van der Waals surface area contributed by atoms with Crippen LogP contribution in [0.25, 0.3) is 0 Å². The number of carbonyl (C=O) groups is 1. The van der Waals surface area contributed by atoms with Gasteiger partial charge >= 0.3 is 0 Å². The summed E-state index contributed by atoms with van der Waals surface area (Å²) in [4.78, 5) is 20.0. The summed E-state index contributed by atoms with van der Waals surface area (Å²) < 4.78 is 14.3. The molecule has 2 atom stereocenters. The molecule has 176 valence electrons. The molecule has 1 saturated heterocycles. The fourth-order valence-electron chi connectivity index (χ4n) is 5.90. The zero-order chi connectivity index (χ0) is 22.8. The Hall–Kier alpha value is -2.44. The van der Waals surface area contributed by atoms with E-state index in [-0.39, 0.29) is 17.8 Å². The van der Waals surface area contributed by atoms with Gasteiger partial charge in [-0.05, 0) is 63.0 Å². The number of fused-ring (bicyclic) bond motifs is 1. The molecule has 0 radical (unpaired) electrons. The number of piperidine rings is 1. The van der Waals surface area contributed by atoms with E-state index >= 15 is 0 Å². The number of hydrogen-bond donors (Lipinski definition) is 1. The molecule has 0 spiro atoms. The molecule has 5 rings (SSSR count). The third kappa shape index (κ3) is 4.51. The molecule has 1 amide bonds. The van der Waals surface area contributed by atoms with E-state index in [1.54, 1.807) is 17.0 Å². The molecule has 0 aromatic heterocycles. The summed E-state index contributed by atoms with van der Waals surface area (Å²) in [5.74, 6) is -0.379. The summed E-state index contributed by atoms with van der Waals surface area (Å²) >= 11 is 0. The highest BCUT2D eigenvalue weighted by Crippen LogP contribution is 2.44. The molecule has 2 aliphatic heterocycles. The number of aliphatic hydroxyl groups is 1. The molecular weight excluding hydrogens is 417 g/mol. The molecule has 1 N–H and O–H groups in total. The highest BCUT2D eigenvalue weighted by molar-refractivity contribution is 6.07. The highest BCUT2D eigenvalue weighted by Gasteiger charge is 2.45. The van der Waals surface area contributed by atoms with Crippen LogP contribution in [0.5, 0.6) is 0 Å². The second-order valence-electron chi connectivity index (χ2n) is 9.69. The number of halogens is 1. The van der Waals surface area contributed by atoms with Gasteiger partial charge in [-0.1, -0.05) is 49.9 Å².